The number of hydrogen-bond donors (Lipinski definition) is 2. The number of hydrogen-bond acceptors (Lipinski definition) is 4. The molecule has 2 N–H and O–H groups in total. The highest BCUT2D eigenvalue weighted by atomic mass is 16.5. The number of hydroxylamine groups is 2. The molecule has 2 aliphatic carbocycles. The average Bonchev–Trinajstić information content (AvgIpc) is 2.29. The molecule has 3 aliphatic rings. The van der Waals surface area contributed by atoms with E-state index < -0.39 is 6.10 Å². The van der Waals surface area contributed by atoms with Crippen molar-refractivity contribution in [2.45, 2.75) is 75.2 Å². The molecule has 3 fully saturated rings. The SMILES string of the molecule is [O-]N1C2CCCCC2NC2CCCC(O)C21. The zero-order valence-electron chi connectivity index (χ0n) is 9.64. The summed E-state index contributed by atoms with van der Waals surface area (Å²) in [6.45, 7) is 0. The van der Waals surface area contributed by atoms with E-state index in [1.807, 2.05) is 0 Å². The number of piperazine rings is 1. The molecule has 5 unspecified atom stereocenters. The summed E-state index contributed by atoms with van der Waals surface area (Å²) < 4.78 is 0. The van der Waals surface area contributed by atoms with Crippen LogP contribution in [0.25, 0.3) is 0 Å². The van der Waals surface area contributed by atoms with Crippen LogP contribution in [0.15, 0.2) is 0 Å². The summed E-state index contributed by atoms with van der Waals surface area (Å²) in [6.07, 6.45) is 6.98. The van der Waals surface area contributed by atoms with E-state index in [0.717, 1.165) is 38.5 Å². The third-order valence-electron chi connectivity index (χ3n) is 4.60. The van der Waals surface area contributed by atoms with Crippen LogP contribution in [0.2, 0.25) is 0 Å². The van der Waals surface area contributed by atoms with Crippen molar-refractivity contribution < 1.29 is 5.11 Å². The maximum absolute atomic E-state index is 12.3. The van der Waals surface area contributed by atoms with E-state index >= 15 is 0 Å². The zero-order chi connectivity index (χ0) is 11.1. The summed E-state index contributed by atoms with van der Waals surface area (Å²) in [6, 6.07) is 0.522. The average molecular weight is 225 g/mol. The Morgan fingerprint density at radius 1 is 1.00 bits per heavy atom. The third-order valence-corrected chi connectivity index (χ3v) is 4.60. The Balaban J connectivity index is 1.79. The first-order valence-corrected chi connectivity index (χ1v) is 6.67. The van der Waals surface area contributed by atoms with Crippen molar-refractivity contribution in [3.8, 4) is 0 Å². The first-order chi connectivity index (χ1) is 7.77. The molecule has 0 spiro atoms. The largest absolute Gasteiger partial charge is 0.785 e. The fourth-order valence-electron chi connectivity index (χ4n) is 3.79. The van der Waals surface area contributed by atoms with Gasteiger partial charge in [-0.3, -0.25) is 0 Å². The number of fused-ring (bicyclic) bond motifs is 2. The lowest BCUT2D eigenvalue weighted by molar-refractivity contribution is -0.0428. The van der Waals surface area contributed by atoms with Gasteiger partial charge in [0.25, 0.3) is 0 Å². The van der Waals surface area contributed by atoms with Crippen molar-refractivity contribution in [2.75, 3.05) is 0 Å². The van der Waals surface area contributed by atoms with Crippen LogP contribution in [0.5, 0.6) is 0 Å². The number of rotatable bonds is 0. The molecule has 1 saturated heterocycles. The predicted molar refractivity (Wildman–Crippen MR) is 61.8 cm³/mol. The van der Waals surface area contributed by atoms with Gasteiger partial charge in [0, 0.05) is 24.2 Å². The summed E-state index contributed by atoms with van der Waals surface area (Å²) in [4.78, 5) is 0. The summed E-state index contributed by atoms with van der Waals surface area (Å²) in [7, 11) is 0. The van der Waals surface area contributed by atoms with Crippen molar-refractivity contribution in [1.29, 1.82) is 0 Å². The van der Waals surface area contributed by atoms with Crippen molar-refractivity contribution >= 4 is 0 Å². The quantitative estimate of drug-likeness (QED) is 0.645. The molecule has 0 bridgehead atoms. The van der Waals surface area contributed by atoms with Gasteiger partial charge in [-0.05, 0) is 32.1 Å². The smallest absolute Gasteiger partial charge is 0.0701 e. The van der Waals surface area contributed by atoms with E-state index in [1.165, 1.54) is 11.5 Å². The topological polar surface area (TPSA) is 58.6 Å². The van der Waals surface area contributed by atoms with Crippen molar-refractivity contribution in [3.63, 3.8) is 0 Å². The maximum atomic E-state index is 12.3. The fourth-order valence-corrected chi connectivity index (χ4v) is 3.79. The molecule has 92 valence electrons. The number of nitrogens with zero attached hydrogens (tertiary/aromatic N) is 1. The molecular formula is C12H21N2O2-. The normalized spacial score (nSPS) is 49.5. The van der Waals surface area contributed by atoms with Crippen molar-refractivity contribution in [3.05, 3.63) is 5.21 Å². The van der Waals surface area contributed by atoms with Gasteiger partial charge in [0.1, 0.15) is 0 Å². The lowest BCUT2D eigenvalue weighted by Gasteiger charge is -2.59. The van der Waals surface area contributed by atoms with E-state index in [1.54, 1.807) is 0 Å². The van der Waals surface area contributed by atoms with Crippen LogP contribution in [0, 0.1) is 5.21 Å². The second kappa shape index (κ2) is 4.26. The molecule has 4 heteroatoms. The maximum Gasteiger partial charge on any atom is 0.0701 e. The Morgan fingerprint density at radius 2 is 1.75 bits per heavy atom. The summed E-state index contributed by atoms with van der Waals surface area (Å²) >= 11 is 0. The summed E-state index contributed by atoms with van der Waals surface area (Å²) in [5.74, 6) is 0. The standard InChI is InChI=1S/C12H21N2O2/c15-11-7-3-5-9-12(11)14(16)10-6-2-1-4-8(10)13-9/h8-13,15H,1-7H2/q-1. The molecule has 1 heterocycles. The molecule has 0 aromatic heterocycles. The van der Waals surface area contributed by atoms with Crippen LogP contribution in [-0.2, 0) is 0 Å². The highest BCUT2D eigenvalue weighted by Gasteiger charge is 2.43. The van der Waals surface area contributed by atoms with Gasteiger partial charge in [-0.2, -0.15) is 0 Å². The van der Waals surface area contributed by atoms with Crippen LogP contribution in [-0.4, -0.2) is 40.4 Å². The minimum atomic E-state index is -0.424. The predicted octanol–water partition coefficient (Wildman–Crippen LogP) is 0.983. The lowest BCUT2D eigenvalue weighted by Crippen LogP contribution is -2.70. The molecule has 1 aliphatic heterocycles. The molecular weight excluding hydrogens is 204 g/mol. The van der Waals surface area contributed by atoms with Crippen molar-refractivity contribution in [1.82, 2.24) is 10.4 Å². The van der Waals surface area contributed by atoms with Gasteiger partial charge in [0.15, 0.2) is 0 Å². The molecule has 16 heavy (non-hydrogen) atoms. The first-order valence-electron chi connectivity index (χ1n) is 6.67. The Hall–Kier alpha value is -0.160. The van der Waals surface area contributed by atoms with Gasteiger partial charge >= 0.3 is 0 Å². The molecule has 3 rings (SSSR count). The Kier molecular flexibility index (Phi) is 2.92. The second-order valence-electron chi connectivity index (χ2n) is 5.58. The van der Waals surface area contributed by atoms with Crippen molar-refractivity contribution in [2.24, 2.45) is 0 Å². The third kappa shape index (κ3) is 1.68. The molecule has 0 aromatic rings. The minimum absolute atomic E-state index is 0.114. The first kappa shape index (κ1) is 11.0. The fraction of sp³-hybridized carbons (Fsp3) is 1.00. The van der Waals surface area contributed by atoms with Crippen LogP contribution in [0.4, 0.5) is 0 Å². The second-order valence-corrected chi connectivity index (χ2v) is 5.58. The summed E-state index contributed by atoms with van der Waals surface area (Å²) in [5, 5.41) is 27.2. The Bertz CT molecular complexity index is 261. The van der Waals surface area contributed by atoms with Gasteiger partial charge in [0.05, 0.1) is 6.10 Å². The Labute approximate surface area is 96.6 Å². The number of aliphatic hydroxyl groups is 1. The van der Waals surface area contributed by atoms with Crippen LogP contribution < -0.4 is 5.32 Å². The van der Waals surface area contributed by atoms with E-state index in [0.29, 0.717) is 6.04 Å². The number of nitrogens with one attached hydrogen (secondary N) is 1. The molecule has 5 atom stereocenters. The van der Waals surface area contributed by atoms with Crippen LogP contribution in [0.3, 0.4) is 0 Å². The number of aliphatic hydroxyl groups excluding tert-OH is 1. The van der Waals surface area contributed by atoms with Gasteiger partial charge in [0.2, 0.25) is 0 Å². The van der Waals surface area contributed by atoms with Gasteiger partial charge in [-0.15, -0.1) is 0 Å². The van der Waals surface area contributed by atoms with Crippen LogP contribution >= 0.6 is 0 Å². The molecule has 4 nitrogen and oxygen atoms in total. The monoisotopic (exact) mass is 225 g/mol. The molecule has 2 saturated carbocycles. The zero-order valence-corrected chi connectivity index (χ0v) is 9.64. The summed E-state index contributed by atoms with van der Waals surface area (Å²) in [5.41, 5.74) is 0. The van der Waals surface area contributed by atoms with Crippen LogP contribution in [0.1, 0.15) is 44.9 Å². The Morgan fingerprint density at radius 3 is 2.62 bits per heavy atom. The van der Waals surface area contributed by atoms with E-state index in [4.69, 9.17) is 0 Å². The van der Waals surface area contributed by atoms with E-state index in [9.17, 15) is 10.3 Å². The van der Waals surface area contributed by atoms with E-state index in [-0.39, 0.29) is 18.1 Å². The molecule has 0 radical (unpaired) electrons. The van der Waals surface area contributed by atoms with Gasteiger partial charge in [-0.1, -0.05) is 12.8 Å². The van der Waals surface area contributed by atoms with E-state index in [2.05, 4.69) is 5.32 Å². The van der Waals surface area contributed by atoms with Gasteiger partial charge < -0.3 is 20.7 Å². The lowest BCUT2D eigenvalue weighted by atomic mass is 9.79. The molecule has 0 amide bonds. The molecule has 0 aromatic carbocycles. The van der Waals surface area contributed by atoms with Gasteiger partial charge in [-0.25, -0.2) is 0 Å². The highest BCUT2D eigenvalue weighted by Crippen LogP contribution is 2.34. The highest BCUT2D eigenvalue weighted by molar-refractivity contribution is 5.05. The minimum Gasteiger partial charge on any atom is -0.785 e.